The minimum atomic E-state index is -0.166. The summed E-state index contributed by atoms with van der Waals surface area (Å²) in [7, 11) is 0. The van der Waals surface area contributed by atoms with Gasteiger partial charge in [0.2, 0.25) is 0 Å². The highest BCUT2D eigenvalue weighted by atomic mass is 15.0. The zero-order chi connectivity index (χ0) is 46.6. The zero-order valence-corrected chi connectivity index (χ0v) is 40.6. The number of hydrogen-bond donors (Lipinski definition) is 0. The number of fused-ring (bicyclic) bond motifs is 10. The summed E-state index contributed by atoms with van der Waals surface area (Å²) in [6.07, 6.45) is 1.14. The van der Waals surface area contributed by atoms with E-state index < -0.39 is 0 Å². The van der Waals surface area contributed by atoms with E-state index in [9.17, 15) is 0 Å². The van der Waals surface area contributed by atoms with Crippen molar-refractivity contribution in [3.63, 3.8) is 0 Å². The molecule has 10 aromatic rings. The predicted molar refractivity (Wildman–Crippen MR) is 289 cm³/mol. The van der Waals surface area contributed by atoms with Crippen LogP contribution in [0.1, 0.15) is 87.4 Å². The predicted octanol–water partition coefficient (Wildman–Crippen LogP) is 18.3. The summed E-state index contributed by atoms with van der Waals surface area (Å²) in [4.78, 5) is 0. The molecule has 9 aromatic carbocycles. The highest BCUT2D eigenvalue weighted by molar-refractivity contribution is 6.10. The Kier molecular flexibility index (Phi) is 11.2. The second kappa shape index (κ2) is 17.2. The van der Waals surface area contributed by atoms with Gasteiger partial charge in [0.15, 0.2) is 0 Å². The molecule has 0 saturated heterocycles. The summed E-state index contributed by atoms with van der Waals surface area (Å²) in [5.74, 6) is 0. The maximum atomic E-state index is 2.48. The molecule has 1 heteroatoms. The molecule has 2 aliphatic rings. The highest BCUT2D eigenvalue weighted by Gasteiger charge is 2.46. The van der Waals surface area contributed by atoms with Gasteiger partial charge < -0.3 is 4.57 Å². The second-order valence-electron chi connectivity index (χ2n) is 19.3. The van der Waals surface area contributed by atoms with Gasteiger partial charge in [-0.05, 0) is 163 Å². The van der Waals surface area contributed by atoms with Gasteiger partial charge in [-0.1, -0.05) is 194 Å². The molecule has 0 aliphatic heterocycles. The Hall–Kier alpha value is -7.22. The van der Waals surface area contributed by atoms with E-state index in [1.165, 1.54) is 122 Å². The fraction of sp³-hybridized carbons (Fsp3) is 0.182. The number of para-hydroxylation sites is 2. The van der Waals surface area contributed by atoms with Crippen LogP contribution in [0.4, 0.5) is 0 Å². The topological polar surface area (TPSA) is 4.93 Å². The van der Waals surface area contributed by atoms with Crippen molar-refractivity contribution in [2.24, 2.45) is 0 Å². The minimum Gasteiger partial charge on any atom is -0.309 e. The van der Waals surface area contributed by atoms with Crippen molar-refractivity contribution >= 4 is 21.8 Å². The van der Waals surface area contributed by atoms with Crippen molar-refractivity contribution in [2.45, 2.75) is 79.6 Å². The molecular weight excluding hydrogens is 807 g/mol. The van der Waals surface area contributed by atoms with Gasteiger partial charge in [0, 0.05) is 27.3 Å². The number of aromatic nitrogens is 1. The number of aryl methyl sites for hydroxylation is 3. The van der Waals surface area contributed by atoms with Crippen molar-refractivity contribution in [3.8, 4) is 61.3 Å². The van der Waals surface area contributed by atoms with Crippen molar-refractivity contribution in [3.05, 3.63) is 233 Å². The summed E-state index contributed by atoms with van der Waals surface area (Å²) in [6.45, 7) is 20.4. The number of rotatable bonds is 5. The average molecular weight is 868 g/mol. The highest BCUT2D eigenvalue weighted by Crippen LogP contribution is 2.59. The molecule has 1 nitrogen and oxygen atoms in total. The first-order valence-corrected chi connectivity index (χ1v) is 24.3. The monoisotopic (exact) mass is 867 g/mol. The molecule has 0 saturated carbocycles. The average Bonchev–Trinajstić information content (AvgIpc) is 3.91. The minimum absolute atomic E-state index is 0.157. The van der Waals surface area contributed by atoms with Crippen molar-refractivity contribution < 1.29 is 0 Å². The Morgan fingerprint density at radius 2 is 0.836 bits per heavy atom. The van der Waals surface area contributed by atoms with E-state index in [1.807, 2.05) is 19.9 Å². The van der Waals surface area contributed by atoms with Gasteiger partial charge >= 0.3 is 0 Å². The Labute approximate surface area is 398 Å². The molecule has 0 spiro atoms. The van der Waals surface area contributed by atoms with Gasteiger partial charge in [-0.3, -0.25) is 0 Å². The van der Waals surface area contributed by atoms with E-state index in [0.717, 1.165) is 6.42 Å². The molecule has 1 aromatic heterocycles. The molecule has 12 rings (SSSR count). The Morgan fingerprint density at radius 1 is 0.373 bits per heavy atom. The largest absolute Gasteiger partial charge is 0.309 e. The normalized spacial score (nSPS) is 13.4. The summed E-state index contributed by atoms with van der Waals surface area (Å²) in [5, 5.41) is 2.56. The number of nitrogens with zero attached hydrogens (tertiary/aromatic N) is 1. The SMILES string of the molecule is CC.CCc1ccccc1.Cc1ccccc1-c1cc(-c2ccc3c(c2)C(C)(C)c2c-3ccc3c2C(C)(C)c2cc(-c4ccc5c(c4)c4ccccc4n5-c4ccccc4)ccc2-3)ccc1C. The van der Waals surface area contributed by atoms with Crippen LogP contribution in [0.25, 0.3) is 83.1 Å². The van der Waals surface area contributed by atoms with Gasteiger partial charge in [0.05, 0.1) is 11.0 Å². The number of hydrogen-bond acceptors (Lipinski definition) is 0. The Morgan fingerprint density at radius 3 is 1.43 bits per heavy atom. The third kappa shape index (κ3) is 7.24. The first kappa shape index (κ1) is 43.7. The van der Waals surface area contributed by atoms with E-state index in [2.05, 4.69) is 241 Å². The quantitative estimate of drug-likeness (QED) is 0.162. The standard InChI is InChI=1S/C56H45N.C8H10.C2H6/c1-34-14-10-11-17-41(34)47-30-36(21-20-35(47)2)38-22-25-42-45-27-28-46-43-26-23-39(33-50(43)56(5,6)54(46)53(45)55(3,4)49(42)32-38)37-24-29-52-48(31-37)44-18-12-13-19-51(44)57(52)40-15-8-7-9-16-40;1-2-8-6-4-3-5-7-8;1-2/h7-33H,1-6H3;3-7H,2H2,1H3;1-2H3. The van der Waals surface area contributed by atoms with Gasteiger partial charge in [-0.2, -0.15) is 0 Å². The summed E-state index contributed by atoms with van der Waals surface area (Å²) in [5.41, 5.74) is 26.3. The van der Waals surface area contributed by atoms with Crippen molar-refractivity contribution in [1.29, 1.82) is 0 Å². The second-order valence-corrected chi connectivity index (χ2v) is 19.3. The Bertz CT molecular complexity index is 3470. The third-order valence-corrected chi connectivity index (χ3v) is 14.7. The van der Waals surface area contributed by atoms with Crippen LogP contribution in [0.2, 0.25) is 0 Å². The van der Waals surface area contributed by atoms with Gasteiger partial charge in [0.1, 0.15) is 0 Å². The summed E-state index contributed by atoms with van der Waals surface area (Å²) < 4.78 is 2.39. The van der Waals surface area contributed by atoms with Crippen LogP contribution in [0, 0.1) is 13.8 Å². The van der Waals surface area contributed by atoms with Gasteiger partial charge in [-0.15, -0.1) is 0 Å². The molecule has 0 atom stereocenters. The molecule has 0 bridgehead atoms. The lowest BCUT2D eigenvalue weighted by Crippen LogP contribution is -2.24. The molecular formula is C66H61N. The maximum Gasteiger partial charge on any atom is 0.0541 e. The van der Waals surface area contributed by atoms with Crippen LogP contribution >= 0.6 is 0 Å². The molecule has 67 heavy (non-hydrogen) atoms. The third-order valence-electron chi connectivity index (χ3n) is 14.7. The van der Waals surface area contributed by atoms with Crippen molar-refractivity contribution in [2.75, 3.05) is 0 Å². The van der Waals surface area contributed by atoms with E-state index in [0.29, 0.717) is 0 Å². The molecule has 0 amide bonds. The van der Waals surface area contributed by atoms with Gasteiger partial charge in [-0.25, -0.2) is 0 Å². The number of benzene rings is 9. The van der Waals surface area contributed by atoms with Crippen LogP contribution in [0.3, 0.4) is 0 Å². The maximum absolute atomic E-state index is 2.48. The molecule has 0 fully saturated rings. The van der Waals surface area contributed by atoms with Crippen LogP contribution in [-0.2, 0) is 17.3 Å². The smallest absolute Gasteiger partial charge is 0.0541 e. The molecule has 330 valence electrons. The molecule has 2 aliphatic carbocycles. The van der Waals surface area contributed by atoms with Crippen LogP contribution in [0.5, 0.6) is 0 Å². The van der Waals surface area contributed by atoms with Crippen LogP contribution < -0.4 is 0 Å². The Balaban J connectivity index is 0.000000473. The zero-order valence-electron chi connectivity index (χ0n) is 40.6. The molecule has 0 N–H and O–H groups in total. The molecule has 1 heterocycles. The summed E-state index contributed by atoms with van der Waals surface area (Å²) >= 11 is 0. The van der Waals surface area contributed by atoms with Crippen LogP contribution in [0.15, 0.2) is 194 Å². The lowest BCUT2D eigenvalue weighted by atomic mass is 9.72. The van der Waals surface area contributed by atoms with E-state index in [-0.39, 0.29) is 10.8 Å². The first-order chi connectivity index (χ1) is 32.5. The lowest BCUT2D eigenvalue weighted by Gasteiger charge is -2.31. The first-order valence-electron chi connectivity index (χ1n) is 24.3. The molecule has 0 radical (unpaired) electrons. The van der Waals surface area contributed by atoms with Gasteiger partial charge in [0.25, 0.3) is 0 Å². The van der Waals surface area contributed by atoms with Crippen LogP contribution in [-0.4, -0.2) is 4.57 Å². The van der Waals surface area contributed by atoms with E-state index in [4.69, 9.17) is 0 Å². The van der Waals surface area contributed by atoms with E-state index in [1.54, 1.807) is 0 Å². The summed E-state index contributed by atoms with van der Waals surface area (Å²) in [6, 6.07) is 71.9. The van der Waals surface area contributed by atoms with E-state index >= 15 is 0 Å². The van der Waals surface area contributed by atoms with Crippen molar-refractivity contribution in [1.82, 2.24) is 4.57 Å². The fourth-order valence-corrected chi connectivity index (χ4v) is 11.3. The molecule has 0 unspecified atom stereocenters. The lowest BCUT2D eigenvalue weighted by molar-refractivity contribution is 0.601. The fourth-order valence-electron chi connectivity index (χ4n) is 11.3.